The Kier molecular flexibility index (Phi) is 5.17. The molecule has 0 aliphatic heterocycles. The Morgan fingerprint density at radius 1 is 1.15 bits per heavy atom. The van der Waals surface area contributed by atoms with Crippen LogP contribution in [0.1, 0.15) is 54.8 Å². The molecule has 4 nitrogen and oxygen atoms in total. The number of halogens is 1. The third-order valence-corrected chi connectivity index (χ3v) is 5.49. The van der Waals surface area contributed by atoms with Gasteiger partial charge in [0.15, 0.2) is 0 Å². The fourth-order valence-corrected chi connectivity index (χ4v) is 4.05. The van der Waals surface area contributed by atoms with Gasteiger partial charge in [0.2, 0.25) is 0 Å². The minimum Gasteiger partial charge on any atom is -0.487 e. The summed E-state index contributed by atoms with van der Waals surface area (Å²) in [6.07, 6.45) is 7.95. The number of hydrogen-bond donors (Lipinski definition) is 0. The van der Waals surface area contributed by atoms with Crippen molar-refractivity contribution in [1.29, 1.82) is 0 Å². The smallest absolute Gasteiger partial charge is 0.258 e. The average molecular weight is 383 g/mol. The van der Waals surface area contributed by atoms with Crippen molar-refractivity contribution in [2.75, 3.05) is 0 Å². The fraction of sp³-hybridized carbons (Fsp3) is 0.364. The summed E-state index contributed by atoms with van der Waals surface area (Å²) >= 11 is 6.24. The molecule has 2 aromatic heterocycles. The molecule has 0 amide bonds. The zero-order valence-corrected chi connectivity index (χ0v) is 16.2. The van der Waals surface area contributed by atoms with Crippen LogP contribution < -0.4 is 10.3 Å². The normalized spacial score (nSPS) is 15.2. The van der Waals surface area contributed by atoms with Gasteiger partial charge in [-0.2, -0.15) is 0 Å². The van der Waals surface area contributed by atoms with E-state index in [1.165, 1.54) is 37.7 Å². The summed E-state index contributed by atoms with van der Waals surface area (Å²) in [7, 11) is 0. The van der Waals surface area contributed by atoms with E-state index in [-0.39, 0.29) is 12.2 Å². The first-order chi connectivity index (χ1) is 13.1. The van der Waals surface area contributed by atoms with Crippen LogP contribution in [-0.2, 0) is 6.61 Å². The Bertz CT molecular complexity index is 1020. The van der Waals surface area contributed by atoms with E-state index < -0.39 is 0 Å². The quantitative estimate of drug-likeness (QED) is 0.616. The van der Waals surface area contributed by atoms with E-state index in [1.807, 2.05) is 37.3 Å². The highest BCUT2D eigenvalue weighted by Gasteiger charge is 2.20. The van der Waals surface area contributed by atoms with Crippen LogP contribution in [0.3, 0.4) is 0 Å². The summed E-state index contributed by atoms with van der Waals surface area (Å²) in [5.41, 5.74) is 3.37. The molecule has 2 heterocycles. The van der Waals surface area contributed by atoms with E-state index >= 15 is 0 Å². The van der Waals surface area contributed by atoms with Crippen molar-refractivity contribution in [2.24, 2.45) is 0 Å². The number of rotatable bonds is 4. The zero-order valence-electron chi connectivity index (χ0n) is 15.5. The number of fused-ring (bicyclic) bond motifs is 1. The van der Waals surface area contributed by atoms with Crippen molar-refractivity contribution in [2.45, 2.75) is 51.6 Å². The number of benzene rings is 1. The van der Waals surface area contributed by atoms with Gasteiger partial charge in [-0.3, -0.25) is 9.20 Å². The third kappa shape index (κ3) is 4.01. The van der Waals surface area contributed by atoms with E-state index in [9.17, 15) is 4.79 Å². The van der Waals surface area contributed by atoms with E-state index in [0.29, 0.717) is 17.3 Å². The monoisotopic (exact) mass is 382 g/mol. The van der Waals surface area contributed by atoms with Crippen LogP contribution in [0.2, 0.25) is 5.02 Å². The fourth-order valence-electron chi connectivity index (χ4n) is 3.87. The number of aromatic nitrogens is 2. The van der Waals surface area contributed by atoms with E-state index in [2.05, 4.69) is 4.98 Å². The summed E-state index contributed by atoms with van der Waals surface area (Å²) in [5, 5.41) is 0.736. The van der Waals surface area contributed by atoms with Crippen LogP contribution in [0.4, 0.5) is 0 Å². The van der Waals surface area contributed by atoms with Gasteiger partial charge in [0.1, 0.15) is 18.0 Å². The molecule has 0 radical (unpaired) electrons. The van der Waals surface area contributed by atoms with Gasteiger partial charge in [0.25, 0.3) is 5.56 Å². The number of ether oxygens (including phenoxy) is 1. The van der Waals surface area contributed by atoms with Crippen LogP contribution in [0, 0.1) is 6.92 Å². The summed E-state index contributed by atoms with van der Waals surface area (Å²) in [6.45, 7) is 2.22. The molecule has 4 rings (SSSR count). The summed E-state index contributed by atoms with van der Waals surface area (Å²) in [4.78, 5) is 16.9. The lowest BCUT2D eigenvalue weighted by molar-refractivity contribution is 0.292. The maximum atomic E-state index is 12.4. The molecule has 0 unspecified atom stereocenters. The van der Waals surface area contributed by atoms with Gasteiger partial charge in [-0.1, -0.05) is 36.9 Å². The average Bonchev–Trinajstić information content (AvgIpc) is 2.68. The zero-order chi connectivity index (χ0) is 18.8. The number of aryl methyl sites for hydroxylation is 1. The van der Waals surface area contributed by atoms with Crippen molar-refractivity contribution in [3.63, 3.8) is 0 Å². The van der Waals surface area contributed by atoms with Gasteiger partial charge in [-0.25, -0.2) is 4.98 Å². The molecule has 1 fully saturated rings. The molecular formula is C22H23ClN2O2. The van der Waals surface area contributed by atoms with Crippen molar-refractivity contribution in [1.82, 2.24) is 9.38 Å². The molecule has 0 N–H and O–H groups in total. The molecule has 1 aliphatic rings. The number of pyridine rings is 1. The third-order valence-electron chi connectivity index (χ3n) is 5.25. The number of nitrogens with zero attached hydrogens (tertiary/aromatic N) is 2. The standard InChI is InChI=1S/C22H23ClN2O2/c1-15-7-10-21-24-18(12-22(26)25(21)13-15)14-27-20-9-8-17(23)11-19(20)16-5-3-2-4-6-16/h7-13,16H,2-6,14H2,1H3. The highest BCUT2D eigenvalue weighted by atomic mass is 35.5. The predicted octanol–water partition coefficient (Wildman–Crippen LogP) is 5.28. The highest BCUT2D eigenvalue weighted by molar-refractivity contribution is 6.30. The molecule has 0 saturated heterocycles. The second kappa shape index (κ2) is 7.73. The Hall–Kier alpha value is -2.33. The molecule has 27 heavy (non-hydrogen) atoms. The molecular weight excluding hydrogens is 360 g/mol. The highest BCUT2D eigenvalue weighted by Crippen LogP contribution is 2.38. The first-order valence-corrected chi connectivity index (χ1v) is 9.89. The predicted molar refractivity (Wildman–Crippen MR) is 108 cm³/mol. The largest absolute Gasteiger partial charge is 0.487 e. The molecule has 1 aliphatic carbocycles. The minimum atomic E-state index is -0.0917. The molecule has 0 bridgehead atoms. The molecule has 3 aromatic rings. The van der Waals surface area contributed by atoms with Crippen LogP contribution in [0.5, 0.6) is 5.75 Å². The Morgan fingerprint density at radius 3 is 2.78 bits per heavy atom. The first kappa shape index (κ1) is 18.1. The van der Waals surface area contributed by atoms with Crippen LogP contribution in [-0.4, -0.2) is 9.38 Å². The van der Waals surface area contributed by atoms with Crippen LogP contribution in [0.25, 0.3) is 5.65 Å². The van der Waals surface area contributed by atoms with Gasteiger partial charge >= 0.3 is 0 Å². The van der Waals surface area contributed by atoms with Crippen LogP contribution >= 0.6 is 11.6 Å². The van der Waals surface area contributed by atoms with E-state index in [0.717, 1.165) is 16.3 Å². The van der Waals surface area contributed by atoms with Gasteiger partial charge < -0.3 is 4.74 Å². The van der Waals surface area contributed by atoms with E-state index in [4.69, 9.17) is 16.3 Å². The molecule has 0 spiro atoms. The first-order valence-electron chi connectivity index (χ1n) is 9.51. The molecule has 1 aromatic carbocycles. The van der Waals surface area contributed by atoms with E-state index in [1.54, 1.807) is 16.7 Å². The van der Waals surface area contributed by atoms with Crippen molar-refractivity contribution in [3.8, 4) is 5.75 Å². The number of hydrogen-bond acceptors (Lipinski definition) is 3. The second-order valence-corrected chi connectivity index (χ2v) is 7.76. The van der Waals surface area contributed by atoms with Crippen molar-refractivity contribution < 1.29 is 4.74 Å². The van der Waals surface area contributed by atoms with Crippen molar-refractivity contribution in [3.05, 3.63) is 74.8 Å². The van der Waals surface area contributed by atoms with Crippen LogP contribution in [0.15, 0.2) is 47.4 Å². The lowest BCUT2D eigenvalue weighted by Gasteiger charge is -2.24. The molecule has 5 heteroatoms. The molecule has 140 valence electrons. The lowest BCUT2D eigenvalue weighted by Crippen LogP contribution is -2.16. The van der Waals surface area contributed by atoms with Crippen molar-refractivity contribution >= 4 is 17.2 Å². The van der Waals surface area contributed by atoms with Gasteiger partial charge in [-0.05, 0) is 61.1 Å². The summed E-state index contributed by atoms with van der Waals surface area (Å²) in [6, 6.07) is 11.2. The lowest BCUT2D eigenvalue weighted by atomic mass is 9.84. The van der Waals surface area contributed by atoms with Gasteiger partial charge in [-0.15, -0.1) is 0 Å². The second-order valence-electron chi connectivity index (χ2n) is 7.33. The van der Waals surface area contributed by atoms with Gasteiger partial charge in [0.05, 0.1) is 5.69 Å². The maximum absolute atomic E-state index is 12.4. The van der Waals surface area contributed by atoms with Gasteiger partial charge in [0, 0.05) is 17.3 Å². The Balaban J connectivity index is 1.59. The minimum absolute atomic E-state index is 0.0917. The topological polar surface area (TPSA) is 43.6 Å². The molecule has 0 atom stereocenters. The Morgan fingerprint density at radius 2 is 1.96 bits per heavy atom. The maximum Gasteiger partial charge on any atom is 0.258 e. The summed E-state index contributed by atoms with van der Waals surface area (Å²) in [5.74, 6) is 1.34. The Labute approximate surface area is 163 Å². The SMILES string of the molecule is Cc1ccc2nc(COc3ccc(Cl)cc3C3CCCCC3)cc(=O)n2c1. The summed E-state index contributed by atoms with van der Waals surface area (Å²) < 4.78 is 7.65. The molecule has 1 saturated carbocycles.